The SMILES string of the molecule is CCC(c1ccn(-c2ccccc2)n1)N1CCCN(c2c(OCC(N)=O)c(C)cc3cccnc23)CC1. The summed E-state index contributed by atoms with van der Waals surface area (Å²) in [5.74, 6) is 0.196. The molecule has 5 rings (SSSR count). The zero-order valence-electron chi connectivity index (χ0n) is 21.5. The first kappa shape index (κ1) is 24.8. The molecular formula is C29H34N6O2. The number of ether oxygens (including phenoxy) is 1. The van der Waals surface area contributed by atoms with Crippen LogP contribution in [0.25, 0.3) is 16.6 Å². The van der Waals surface area contributed by atoms with Gasteiger partial charge in [-0.15, -0.1) is 0 Å². The highest BCUT2D eigenvalue weighted by Crippen LogP contribution is 2.39. The fraction of sp³-hybridized carbons (Fsp3) is 0.345. The molecule has 4 aromatic rings. The maximum absolute atomic E-state index is 11.5. The Balaban J connectivity index is 1.41. The lowest BCUT2D eigenvalue weighted by atomic mass is 10.1. The Morgan fingerprint density at radius 2 is 1.92 bits per heavy atom. The van der Waals surface area contributed by atoms with E-state index in [1.807, 2.05) is 42.1 Å². The van der Waals surface area contributed by atoms with E-state index in [0.29, 0.717) is 5.75 Å². The van der Waals surface area contributed by atoms with E-state index in [4.69, 9.17) is 20.6 Å². The van der Waals surface area contributed by atoms with Crippen LogP contribution in [0.1, 0.15) is 37.1 Å². The quantitative estimate of drug-likeness (QED) is 0.391. The van der Waals surface area contributed by atoms with Crippen LogP contribution in [0.15, 0.2) is 67.0 Å². The summed E-state index contributed by atoms with van der Waals surface area (Å²) in [5.41, 5.74) is 10.4. The van der Waals surface area contributed by atoms with Crippen molar-refractivity contribution in [2.75, 3.05) is 37.7 Å². The largest absolute Gasteiger partial charge is 0.481 e. The van der Waals surface area contributed by atoms with Gasteiger partial charge in [0.25, 0.3) is 5.91 Å². The van der Waals surface area contributed by atoms with Crippen LogP contribution >= 0.6 is 0 Å². The number of para-hydroxylation sites is 1. The minimum atomic E-state index is -0.491. The Bertz CT molecular complexity index is 1370. The molecular weight excluding hydrogens is 464 g/mol. The van der Waals surface area contributed by atoms with Gasteiger partial charge in [0.15, 0.2) is 6.61 Å². The highest BCUT2D eigenvalue weighted by atomic mass is 16.5. The van der Waals surface area contributed by atoms with Crippen LogP contribution in [-0.4, -0.2) is 58.4 Å². The lowest BCUT2D eigenvalue weighted by molar-refractivity contribution is -0.119. The second-order valence-electron chi connectivity index (χ2n) is 9.52. The predicted octanol–water partition coefficient (Wildman–Crippen LogP) is 4.26. The Kier molecular flexibility index (Phi) is 7.37. The summed E-state index contributed by atoms with van der Waals surface area (Å²) in [6.45, 7) is 7.62. The number of carbonyl (C=O) groups is 1. The van der Waals surface area contributed by atoms with E-state index in [-0.39, 0.29) is 12.6 Å². The fourth-order valence-corrected chi connectivity index (χ4v) is 5.31. The molecule has 0 spiro atoms. The maximum atomic E-state index is 11.5. The van der Waals surface area contributed by atoms with Crippen LogP contribution in [0.3, 0.4) is 0 Å². The van der Waals surface area contributed by atoms with Crippen LogP contribution in [0.4, 0.5) is 5.69 Å². The van der Waals surface area contributed by atoms with Gasteiger partial charge in [0.2, 0.25) is 0 Å². The number of benzene rings is 2. The first-order valence-electron chi connectivity index (χ1n) is 12.9. The molecule has 1 fully saturated rings. The molecule has 1 unspecified atom stereocenters. The smallest absolute Gasteiger partial charge is 0.255 e. The Hall–Kier alpha value is -3.91. The molecule has 3 heterocycles. The van der Waals surface area contributed by atoms with Crippen molar-refractivity contribution in [3.8, 4) is 11.4 Å². The first-order valence-corrected chi connectivity index (χ1v) is 12.9. The standard InChI is InChI=1S/C29H34N6O2/c1-3-25(24-12-16-35(32-24)23-10-5-4-6-11-23)33-14-8-15-34(18-17-33)28-27-22(9-7-13-31-27)19-21(2)29(28)37-20-26(30)36/h4-7,9-13,16,19,25H,3,8,14-15,17-18,20H2,1-2H3,(H2,30,36). The molecule has 2 N–H and O–H groups in total. The number of aryl methyl sites for hydroxylation is 1. The normalized spacial score (nSPS) is 15.5. The molecule has 8 nitrogen and oxygen atoms in total. The number of pyridine rings is 1. The van der Waals surface area contributed by atoms with Gasteiger partial charge in [-0.2, -0.15) is 5.10 Å². The van der Waals surface area contributed by atoms with Crippen LogP contribution in [-0.2, 0) is 4.79 Å². The number of hydrogen-bond donors (Lipinski definition) is 1. The summed E-state index contributed by atoms with van der Waals surface area (Å²) in [6, 6.07) is 18.7. The first-order chi connectivity index (χ1) is 18.0. The van der Waals surface area contributed by atoms with Crippen LogP contribution < -0.4 is 15.4 Å². The fourth-order valence-electron chi connectivity index (χ4n) is 5.31. The van der Waals surface area contributed by atoms with Gasteiger partial charge in [0.1, 0.15) is 11.4 Å². The van der Waals surface area contributed by atoms with Gasteiger partial charge < -0.3 is 15.4 Å². The van der Waals surface area contributed by atoms with Gasteiger partial charge in [0.05, 0.1) is 22.9 Å². The molecule has 0 aliphatic carbocycles. The van der Waals surface area contributed by atoms with Gasteiger partial charge in [0, 0.05) is 44.0 Å². The van der Waals surface area contributed by atoms with Gasteiger partial charge in [-0.25, -0.2) is 4.68 Å². The number of amides is 1. The topological polar surface area (TPSA) is 89.5 Å². The molecule has 0 saturated carbocycles. The molecule has 0 radical (unpaired) electrons. The minimum Gasteiger partial charge on any atom is -0.481 e. The molecule has 8 heteroatoms. The predicted molar refractivity (Wildman–Crippen MR) is 146 cm³/mol. The maximum Gasteiger partial charge on any atom is 0.255 e. The van der Waals surface area contributed by atoms with Crippen molar-refractivity contribution >= 4 is 22.5 Å². The lowest BCUT2D eigenvalue weighted by Gasteiger charge is -2.30. The van der Waals surface area contributed by atoms with Crippen LogP contribution in [0.2, 0.25) is 0 Å². The van der Waals surface area contributed by atoms with Crippen LogP contribution in [0.5, 0.6) is 5.75 Å². The van der Waals surface area contributed by atoms with E-state index < -0.39 is 5.91 Å². The number of nitrogens with zero attached hydrogens (tertiary/aromatic N) is 5. The number of primary amides is 1. The summed E-state index contributed by atoms with van der Waals surface area (Å²) >= 11 is 0. The summed E-state index contributed by atoms with van der Waals surface area (Å²) in [5, 5.41) is 5.99. The van der Waals surface area contributed by atoms with Crippen molar-refractivity contribution in [1.29, 1.82) is 0 Å². The third-order valence-electron chi connectivity index (χ3n) is 7.01. The Morgan fingerprint density at radius 3 is 2.70 bits per heavy atom. The summed E-state index contributed by atoms with van der Waals surface area (Å²) < 4.78 is 7.91. The van der Waals surface area contributed by atoms with E-state index in [9.17, 15) is 4.79 Å². The van der Waals surface area contributed by atoms with Gasteiger partial charge >= 0.3 is 0 Å². The zero-order valence-corrected chi connectivity index (χ0v) is 21.5. The second-order valence-corrected chi connectivity index (χ2v) is 9.52. The van der Waals surface area contributed by atoms with Gasteiger partial charge in [-0.05, 0) is 55.7 Å². The lowest BCUT2D eigenvalue weighted by Crippen LogP contribution is -2.34. The third kappa shape index (κ3) is 5.29. The third-order valence-corrected chi connectivity index (χ3v) is 7.01. The highest BCUT2D eigenvalue weighted by molar-refractivity contribution is 5.95. The van der Waals surface area contributed by atoms with Crippen molar-refractivity contribution in [3.63, 3.8) is 0 Å². The number of rotatable bonds is 8. The van der Waals surface area contributed by atoms with E-state index in [2.05, 4.69) is 47.1 Å². The highest BCUT2D eigenvalue weighted by Gasteiger charge is 2.27. The molecule has 1 atom stereocenters. The van der Waals surface area contributed by atoms with Crippen molar-refractivity contribution in [1.82, 2.24) is 19.7 Å². The molecule has 1 saturated heterocycles. The molecule has 0 bridgehead atoms. The van der Waals surface area contributed by atoms with Gasteiger partial charge in [-0.3, -0.25) is 14.7 Å². The number of carbonyl (C=O) groups excluding carboxylic acids is 1. The Labute approximate surface area is 217 Å². The zero-order chi connectivity index (χ0) is 25.8. The molecule has 1 aliphatic heterocycles. The molecule has 2 aromatic carbocycles. The van der Waals surface area contributed by atoms with Crippen molar-refractivity contribution in [2.45, 2.75) is 32.7 Å². The Morgan fingerprint density at radius 1 is 1.08 bits per heavy atom. The van der Waals surface area contributed by atoms with Crippen molar-refractivity contribution in [2.24, 2.45) is 5.73 Å². The average molecular weight is 499 g/mol. The summed E-state index contributed by atoms with van der Waals surface area (Å²) in [7, 11) is 0. The monoisotopic (exact) mass is 498 g/mol. The van der Waals surface area contributed by atoms with E-state index >= 15 is 0 Å². The summed E-state index contributed by atoms with van der Waals surface area (Å²) in [4.78, 5) is 21.1. The summed E-state index contributed by atoms with van der Waals surface area (Å²) in [6.07, 6.45) is 5.82. The minimum absolute atomic E-state index is 0.159. The molecule has 37 heavy (non-hydrogen) atoms. The van der Waals surface area contributed by atoms with Crippen molar-refractivity contribution in [3.05, 3.63) is 78.2 Å². The van der Waals surface area contributed by atoms with Gasteiger partial charge in [-0.1, -0.05) is 31.2 Å². The molecule has 2 aromatic heterocycles. The van der Waals surface area contributed by atoms with Crippen molar-refractivity contribution < 1.29 is 9.53 Å². The van der Waals surface area contributed by atoms with E-state index in [0.717, 1.165) is 72.6 Å². The number of nitrogens with two attached hydrogens (primary N) is 1. The number of anilines is 1. The van der Waals surface area contributed by atoms with E-state index in [1.54, 1.807) is 6.20 Å². The van der Waals surface area contributed by atoms with E-state index in [1.165, 1.54) is 0 Å². The average Bonchev–Trinajstić information content (AvgIpc) is 3.27. The number of aromatic nitrogens is 3. The molecule has 192 valence electrons. The molecule has 1 amide bonds. The number of hydrogen-bond acceptors (Lipinski definition) is 6. The number of fused-ring (bicyclic) bond motifs is 1. The molecule has 1 aliphatic rings. The van der Waals surface area contributed by atoms with Crippen LogP contribution in [0, 0.1) is 6.92 Å². The second kappa shape index (κ2) is 11.0.